The van der Waals surface area contributed by atoms with E-state index in [1.165, 1.54) is 24.3 Å². The maximum atomic E-state index is 13.9. The minimum atomic E-state index is -0.924. The number of carbonyl (C=O) groups is 1. The maximum absolute atomic E-state index is 13.9. The number of hydrogen-bond acceptors (Lipinski definition) is 3. The second kappa shape index (κ2) is 6.60. The molecule has 0 saturated heterocycles. The Morgan fingerprint density at radius 1 is 1.18 bits per heavy atom. The lowest BCUT2D eigenvalue weighted by molar-refractivity contribution is -0.129. The second-order valence-corrected chi connectivity index (χ2v) is 7.47. The van der Waals surface area contributed by atoms with Gasteiger partial charge in [0.1, 0.15) is 34.5 Å². The molecule has 28 heavy (non-hydrogen) atoms. The molecule has 1 amide bonds. The number of amides is 1. The van der Waals surface area contributed by atoms with Gasteiger partial charge in [0.15, 0.2) is 0 Å². The Labute approximate surface area is 165 Å². The molecule has 0 radical (unpaired) electrons. The van der Waals surface area contributed by atoms with Crippen LogP contribution >= 0.6 is 11.6 Å². The van der Waals surface area contributed by atoms with Crippen LogP contribution in [0.1, 0.15) is 19.7 Å². The van der Waals surface area contributed by atoms with E-state index in [0.29, 0.717) is 28.6 Å². The van der Waals surface area contributed by atoms with Gasteiger partial charge in [0.25, 0.3) is 0 Å². The summed E-state index contributed by atoms with van der Waals surface area (Å²) in [6.45, 7) is 3.80. The first-order chi connectivity index (χ1) is 13.3. The summed E-state index contributed by atoms with van der Waals surface area (Å²) in [4.78, 5) is 17.1. The summed E-state index contributed by atoms with van der Waals surface area (Å²) in [5.41, 5.74) is 0.736. The predicted octanol–water partition coefficient (Wildman–Crippen LogP) is 4.59. The van der Waals surface area contributed by atoms with Gasteiger partial charge in [-0.2, -0.15) is 0 Å². The summed E-state index contributed by atoms with van der Waals surface area (Å²) >= 11 is 5.78. The Hall–Kier alpha value is -2.93. The van der Waals surface area contributed by atoms with Crippen molar-refractivity contribution in [3.05, 3.63) is 64.9 Å². The van der Waals surface area contributed by atoms with Crippen molar-refractivity contribution in [3.8, 4) is 11.3 Å². The molecule has 0 fully saturated rings. The molecule has 1 aliphatic rings. The van der Waals surface area contributed by atoms with Crippen LogP contribution in [0.25, 0.3) is 11.3 Å². The standard InChI is InChI=1S/C20H17ClF2N4O/c1-20(2)19(28)24-10-16-26-17(11-3-5-12(22)6-4-11)18(27(16)20)25-13-7-8-14(21)15(23)9-13/h3-9,25H,10H2,1-2H3,(H,24,28). The fourth-order valence-corrected chi connectivity index (χ4v) is 3.42. The van der Waals surface area contributed by atoms with E-state index in [1.807, 2.05) is 0 Å². The summed E-state index contributed by atoms with van der Waals surface area (Å²) in [6.07, 6.45) is 0. The van der Waals surface area contributed by atoms with E-state index >= 15 is 0 Å². The van der Waals surface area contributed by atoms with Crippen molar-refractivity contribution in [2.75, 3.05) is 5.32 Å². The zero-order valence-corrected chi connectivity index (χ0v) is 15.9. The first-order valence-electron chi connectivity index (χ1n) is 8.66. The molecule has 0 unspecified atom stereocenters. The number of nitrogens with one attached hydrogen (secondary N) is 2. The number of aromatic nitrogens is 2. The van der Waals surface area contributed by atoms with Crippen molar-refractivity contribution in [2.45, 2.75) is 25.9 Å². The molecule has 1 aliphatic heterocycles. The number of imidazole rings is 1. The molecule has 2 aromatic carbocycles. The van der Waals surface area contributed by atoms with Gasteiger partial charge in [0.05, 0.1) is 11.6 Å². The molecule has 8 heteroatoms. The fourth-order valence-electron chi connectivity index (χ4n) is 3.30. The largest absolute Gasteiger partial charge is 0.347 e. The number of nitrogens with zero attached hydrogens (tertiary/aromatic N) is 2. The molecule has 3 aromatic rings. The van der Waals surface area contributed by atoms with Crippen molar-refractivity contribution < 1.29 is 13.6 Å². The minimum Gasteiger partial charge on any atom is -0.347 e. The van der Waals surface area contributed by atoms with E-state index < -0.39 is 11.4 Å². The highest BCUT2D eigenvalue weighted by Gasteiger charge is 2.39. The number of fused-ring (bicyclic) bond motifs is 1. The van der Waals surface area contributed by atoms with Crippen LogP contribution in [0.15, 0.2) is 42.5 Å². The second-order valence-electron chi connectivity index (χ2n) is 7.06. The summed E-state index contributed by atoms with van der Waals surface area (Å²) in [5.74, 6) is 0.0713. The number of anilines is 2. The van der Waals surface area contributed by atoms with Crippen molar-refractivity contribution in [1.82, 2.24) is 14.9 Å². The fraction of sp³-hybridized carbons (Fsp3) is 0.200. The molecular formula is C20H17ClF2N4O. The molecule has 0 saturated carbocycles. The Kier molecular flexibility index (Phi) is 4.34. The van der Waals surface area contributed by atoms with Crippen molar-refractivity contribution in [2.24, 2.45) is 0 Å². The average molecular weight is 403 g/mol. The summed E-state index contributed by atoms with van der Waals surface area (Å²) in [6, 6.07) is 10.3. The van der Waals surface area contributed by atoms with Crippen LogP contribution in [0, 0.1) is 11.6 Å². The lowest BCUT2D eigenvalue weighted by atomic mass is 10.0. The van der Waals surface area contributed by atoms with Gasteiger partial charge in [0, 0.05) is 11.3 Å². The molecule has 0 aliphatic carbocycles. The zero-order chi connectivity index (χ0) is 20.1. The van der Waals surface area contributed by atoms with Crippen molar-refractivity contribution >= 4 is 29.0 Å². The Balaban J connectivity index is 1.90. The first-order valence-corrected chi connectivity index (χ1v) is 9.03. The van der Waals surface area contributed by atoms with Crippen LogP contribution in [-0.2, 0) is 16.9 Å². The summed E-state index contributed by atoms with van der Waals surface area (Å²) < 4.78 is 29.1. The van der Waals surface area contributed by atoms with E-state index in [2.05, 4.69) is 15.6 Å². The van der Waals surface area contributed by atoms with E-state index in [4.69, 9.17) is 11.6 Å². The zero-order valence-electron chi connectivity index (χ0n) is 15.2. The summed E-state index contributed by atoms with van der Waals surface area (Å²) in [7, 11) is 0. The van der Waals surface area contributed by atoms with Gasteiger partial charge in [-0.05, 0) is 56.3 Å². The minimum absolute atomic E-state index is 0.0133. The van der Waals surface area contributed by atoms with Gasteiger partial charge in [-0.25, -0.2) is 13.8 Å². The maximum Gasteiger partial charge on any atom is 0.246 e. The van der Waals surface area contributed by atoms with E-state index in [9.17, 15) is 13.6 Å². The molecule has 0 bridgehead atoms. The normalized spacial score (nSPS) is 15.1. The molecule has 2 N–H and O–H groups in total. The third-order valence-electron chi connectivity index (χ3n) is 4.77. The number of hydrogen-bond donors (Lipinski definition) is 2. The predicted molar refractivity (Wildman–Crippen MR) is 103 cm³/mol. The van der Waals surface area contributed by atoms with Gasteiger partial charge in [-0.3, -0.25) is 9.36 Å². The molecule has 0 atom stereocenters. The highest BCUT2D eigenvalue weighted by atomic mass is 35.5. The van der Waals surface area contributed by atoms with Crippen molar-refractivity contribution in [3.63, 3.8) is 0 Å². The molecule has 4 rings (SSSR count). The SMILES string of the molecule is CC1(C)C(=O)NCc2nc(-c3ccc(F)cc3)c(Nc3ccc(Cl)c(F)c3)n21. The Bertz CT molecular complexity index is 1080. The number of rotatable bonds is 3. The van der Waals surface area contributed by atoms with Crippen LogP contribution < -0.4 is 10.6 Å². The third kappa shape index (κ3) is 3.01. The van der Waals surface area contributed by atoms with Gasteiger partial charge < -0.3 is 10.6 Å². The van der Waals surface area contributed by atoms with Crippen LogP contribution in [0.5, 0.6) is 0 Å². The highest BCUT2D eigenvalue weighted by Crippen LogP contribution is 2.37. The van der Waals surface area contributed by atoms with E-state index in [1.54, 1.807) is 36.6 Å². The van der Waals surface area contributed by atoms with E-state index in [0.717, 1.165) is 0 Å². The molecule has 1 aromatic heterocycles. The smallest absolute Gasteiger partial charge is 0.246 e. The van der Waals surface area contributed by atoms with Gasteiger partial charge in [-0.15, -0.1) is 0 Å². The van der Waals surface area contributed by atoms with Gasteiger partial charge >= 0.3 is 0 Å². The first kappa shape index (κ1) is 18.4. The average Bonchev–Trinajstić information content (AvgIpc) is 3.02. The molecule has 0 spiro atoms. The van der Waals surface area contributed by atoms with Gasteiger partial charge in [-0.1, -0.05) is 11.6 Å². The van der Waals surface area contributed by atoms with Crippen molar-refractivity contribution in [1.29, 1.82) is 0 Å². The number of carbonyl (C=O) groups excluding carboxylic acids is 1. The third-order valence-corrected chi connectivity index (χ3v) is 5.08. The molecule has 2 heterocycles. The Morgan fingerprint density at radius 2 is 1.89 bits per heavy atom. The van der Waals surface area contributed by atoms with Crippen LogP contribution in [0.2, 0.25) is 5.02 Å². The molecule has 5 nitrogen and oxygen atoms in total. The van der Waals surface area contributed by atoms with Gasteiger partial charge in [0.2, 0.25) is 5.91 Å². The van der Waals surface area contributed by atoms with Crippen LogP contribution in [0.4, 0.5) is 20.3 Å². The Morgan fingerprint density at radius 3 is 2.57 bits per heavy atom. The van der Waals surface area contributed by atoms with Crippen LogP contribution in [0.3, 0.4) is 0 Å². The number of benzene rings is 2. The molecular weight excluding hydrogens is 386 g/mol. The lowest BCUT2D eigenvalue weighted by Crippen LogP contribution is -2.49. The lowest BCUT2D eigenvalue weighted by Gasteiger charge is -2.33. The van der Waals surface area contributed by atoms with E-state index in [-0.39, 0.29) is 23.3 Å². The topological polar surface area (TPSA) is 59.0 Å². The highest BCUT2D eigenvalue weighted by molar-refractivity contribution is 6.30. The molecule has 144 valence electrons. The summed E-state index contributed by atoms with van der Waals surface area (Å²) in [5, 5.41) is 6.00. The number of halogens is 3. The quantitative estimate of drug-likeness (QED) is 0.673. The van der Waals surface area contributed by atoms with Crippen LogP contribution in [-0.4, -0.2) is 15.5 Å². The monoisotopic (exact) mass is 402 g/mol.